The molecule has 4 rings (SSSR count). The fourth-order valence-corrected chi connectivity index (χ4v) is 6.32. The molecule has 0 bridgehead atoms. The molecule has 0 aliphatic carbocycles. The maximum atomic E-state index is 12.9. The Hall–Kier alpha value is -6.72. The van der Waals surface area contributed by atoms with Crippen LogP contribution in [0.4, 0.5) is 0 Å². The van der Waals surface area contributed by atoms with Crippen molar-refractivity contribution >= 4 is 68.1 Å². The molecule has 18 nitrogen and oxygen atoms in total. The van der Waals surface area contributed by atoms with Crippen molar-refractivity contribution in [3.05, 3.63) is 36.4 Å². The lowest BCUT2D eigenvalue weighted by Gasteiger charge is -2.20. The topological polar surface area (TPSA) is 213 Å². The third-order valence-electron chi connectivity index (χ3n) is 9.66. The number of ether oxygens (including phenoxy) is 12. The first-order valence-electron chi connectivity index (χ1n) is 24.4. The van der Waals surface area contributed by atoms with Crippen LogP contribution >= 0.6 is 0 Å². The van der Waals surface area contributed by atoms with Crippen molar-refractivity contribution in [3.8, 4) is 34.5 Å². The van der Waals surface area contributed by atoms with E-state index in [4.69, 9.17) is 56.8 Å². The molecule has 0 radical (unpaired) electrons. The molecule has 0 saturated heterocycles. The van der Waals surface area contributed by atoms with E-state index in [0.29, 0.717) is 32.3 Å². The summed E-state index contributed by atoms with van der Waals surface area (Å²) in [6.07, 6.45) is 0. The molecule has 0 unspecified atom stereocenters. The van der Waals surface area contributed by atoms with Crippen LogP contribution in [0, 0.1) is 35.5 Å². The highest BCUT2D eigenvalue weighted by Crippen LogP contribution is 2.47. The summed E-state index contributed by atoms with van der Waals surface area (Å²) in [5.41, 5.74) is 0. The Bertz CT molecular complexity index is 2020. The predicted molar refractivity (Wildman–Crippen MR) is 267 cm³/mol. The summed E-state index contributed by atoms with van der Waals surface area (Å²) in [7, 11) is 0. The molecule has 0 aliphatic rings. The van der Waals surface area contributed by atoms with E-state index in [1.807, 2.05) is 83.1 Å². The lowest BCUT2D eigenvalue weighted by Crippen LogP contribution is -2.19. The van der Waals surface area contributed by atoms with Gasteiger partial charge < -0.3 is 56.8 Å². The van der Waals surface area contributed by atoms with Crippen LogP contribution in [0.3, 0.4) is 0 Å². The van der Waals surface area contributed by atoms with Crippen molar-refractivity contribution in [2.24, 2.45) is 35.5 Å². The number of carbonyl (C=O) groups is 6. The normalized spacial score (nSPS) is 11.4. The van der Waals surface area contributed by atoms with Crippen LogP contribution in [0.25, 0.3) is 32.3 Å². The average Bonchev–Trinajstić information content (AvgIpc) is 3.32. The van der Waals surface area contributed by atoms with E-state index < -0.39 is 75.5 Å². The molecule has 0 fully saturated rings. The van der Waals surface area contributed by atoms with Gasteiger partial charge in [-0.25, -0.2) is 28.8 Å². The maximum absolute atomic E-state index is 12.9. The monoisotopic (exact) mass is 1010 g/mol. The quantitative estimate of drug-likeness (QED) is 0.0272. The third-order valence-corrected chi connectivity index (χ3v) is 9.66. The lowest BCUT2D eigenvalue weighted by atomic mass is 9.93. The van der Waals surface area contributed by atoms with Gasteiger partial charge in [0.1, 0.15) is 0 Å². The van der Waals surface area contributed by atoms with E-state index in [0.717, 1.165) is 0 Å². The van der Waals surface area contributed by atoms with E-state index in [1.165, 1.54) is 0 Å². The maximum Gasteiger partial charge on any atom is 0.344 e. The van der Waals surface area contributed by atoms with Crippen molar-refractivity contribution in [2.45, 2.75) is 83.1 Å². The summed E-state index contributed by atoms with van der Waals surface area (Å²) in [6.45, 7) is 20.5. The Labute approximate surface area is 421 Å². The Kier molecular flexibility index (Phi) is 22.8. The Morgan fingerprint density at radius 3 is 0.500 bits per heavy atom. The standard InChI is InChI=1S/C54H72O18/c1-31(2)19-67-49(55)25-61-43-13-37-38(14-44(43)62-26-50(56)68-20-32(3)4)40-16-46(64-28-52(58)70-22-34(7)8)48(66-30-54(60)72-24-36(11)12)18-42(40)41-17-47(65-29-53(59)71-23-35(9)10)45(15-39(37)41)63-27-51(57)69-21-33(5)6/h13-18,31-36H,19-30H2,1-12H3. The van der Waals surface area contributed by atoms with Gasteiger partial charge in [0.05, 0.1) is 39.6 Å². The number of fused-ring (bicyclic) bond motifs is 6. The van der Waals surface area contributed by atoms with Crippen LogP contribution in [0.15, 0.2) is 36.4 Å². The molecular formula is C54H72O18. The summed E-state index contributed by atoms with van der Waals surface area (Å²) in [5, 5.41) is 2.76. The first-order valence-corrected chi connectivity index (χ1v) is 24.4. The average molecular weight is 1010 g/mol. The van der Waals surface area contributed by atoms with Crippen LogP contribution in [0.2, 0.25) is 0 Å². The van der Waals surface area contributed by atoms with Gasteiger partial charge in [-0.2, -0.15) is 0 Å². The van der Waals surface area contributed by atoms with Gasteiger partial charge in [0, 0.05) is 0 Å². The van der Waals surface area contributed by atoms with Gasteiger partial charge in [0.15, 0.2) is 74.1 Å². The Morgan fingerprint density at radius 1 is 0.264 bits per heavy atom. The van der Waals surface area contributed by atoms with E-state index >= 15 is 0 Å². The SMILES string of the molecule is CC(C)COC(=O)COc1cc2c3cc(OCC(=O)OCC(C)C)c(OCC(=O)OCC(C)C)cc3c3cc(OCC(=O)OCC(C)C)c(OCC(=O)OCC(C)C)cc3c2cc1OCC(=O)OCC(C)C. The molecule has 4 aromatic rings. The number of esters is 6. The van der Waals surface area contributed by atoms with Crippen LogP contribution < -0.4 is 28.4 Å². The van der Waals surface area contributed by atoms with Gasteiger partial charge in [0.25, 0.3) is 0 Å². The molecule has 72 heavy (non-hydrogen) atoms. The molecule has 0 atom stereocenters. The van der Waals surface area contributed by atoms with Crippen LogP contribution in [-0.4, -0.2) is 115 Å². The largest absolute Gasteiger partial charge is 0.478 e. The van der Waals surface area contributed by atoms with Gasteiger partial charge in [-0.15, -0.1) is 0 Å². The number of hydrogen-bond acceptors (Lipinski definition) is 18. The highest BCUT2D eigenvalue weighted by molar-refractivity contribution is 6.27. The Balaban J connectivity index is 2.08. The second-order valence-electron chi connectivity index (χ2n) is 19.7. The molecule has 396 valence electrons. The van der Waals surface area contributed by atoms with Crippen molar-refractivity contribution in [3.63, 3.8) is 0 Å². The summed E-state index contributed by atoms with van der Waals surface area (Å²) >= 11 is 0. The fourth-order valence-electron chi connectivity index (χ4n) is 6.32. The van der Waals surface area contributed by atoms with Crippen molar-refractivity contribution in [1.29, 1.82) is 0 Å². The first kappa shape index (κ1) is 57.9. The fraction of sp³-hybridized carbons (Fsp3) is 0.556. The van der Waals surface area contributed by atoms with Crippen molar-refractivity contribution in [1.82, 2.24) is 0 Å². The Morgan fingerprint density at radius 2 is 0.389 bits per heavy atom. The van der Waals surface area contributed by atoms with E-state index in [2.05, 4.69) is 0 Å². The molecule has 0 heterocycles. The van der Waals surface area contributed by atoms with Crippen LogP contribution in [0.5, 0.6) is 34.5 Å². The van der Waals surface area contributed by atoms with Crippen molar-refractivity contribution < 1.29 is 85.6 Å². The predicted octanol–water partition coefficient (Wildman–Crippen LogP) is 8.61. The number of benzene rings is 4. The molecule has 0 aliphatic heterocycles. The second kappa shape index (κ2) is 28.4. The summed E-state index contributed by atoms with van der Waals surface area (Å²) in [6, 6.07) is 9.61. The van der Waals surface area contributed by atoms with Crippen molar-refractivity contribution in [2.75, 3.05) is 79.3 Å². The lowest BCUT2D eigenvalue weighted by molar-refractivity contribution is -0.148. The molecule has 0 N–H and O–H groups in total. The van der Waals surface area contributed by atoms with Gasteiger partial charge in [-0.1, -0.05) is 83.1 Å². The second-order valence-corrected chi connectivity index (χ2v) is 19.7. The smallest absolute Gasteiger partial charge is 0.344 e. The summed E-state index contributed by atoms with van der Waals surface area (Å²) in [5.74, 6) is -3.34. The van der Waals surface area contributed by atoms with E-state index in [-0.39, 0.29) is 110 Å². The van der Waals surface area contributed by atoms with Gasteiger partial charge in [0.2, 0.25) is 0 Å². The van der Waals surface area contributed by atoms with Crippen LogP contribution in [0.1, 0.15) is 83.1 Å². The minimum atomic E-state index is -0.655. The number of hydrogen-bond donors (Lipinski definition) is 0. The van der Waals surface area contributed by atoms with Gasteiger partial charge in [-0.05, 0) is 104 Å². The molecule has 0 amide bonds. The molecule has 0 spiro atoms. The van der Waals surface area contributed by atoms with Gasteiger partial charge >= 0.3 is 35.8 Å². The van der Waals surface area contributed by atoms with E-state index in [1.54, 1.807) is 36.4 Å². The highest BCUT2D eigenvalue weighted by Gasteiger charge is 2.24. The summed E-state index contributed by atoms with van der Waals surface area (Å²) in [4.78, 5) is 77.6. The third kappa shape index (κ3) is 19.1. The van der Waals surface area contributed by atoms with E-state index in [9.17, 15) is 28.8 Å². The molecule has 18 heteroatoms. The van der Waals surface area contributed by atoms with Gasteiger partial charge in [-0.3, -0.25) is 0 Å². The van der Waals surface area contributed by atoms with Crippen LogP contribution in [-0.2, 0) is 57.2 Å². The number of rotatable bonds is 30. The zero-order chi connectivity index (χ0) is 53.1. The number of carbonyl (C=O) groups excluding carboxylic acids is 6. The molecular weight excluding hydrogens is 937 g/mol. The first-order chi connectivity index (χ1) is 34.1. The molecule has 0 aromatic heterocycles. The molecule has 4 aromatic carbocycles. The summed E-state index contributed by atoms with van der Waals surface area (Å²) < 4.78 is 68.9. The highest BCUT2D eigenvalue weighted by atomic mass is 16.6. The zero-order valence-corrected chi connectivity index (χ0v) is 43.8. The molecule has 0 saturated carbocycles. The minimum Gasteiger partial charge on any atom is -0.478 e. The zero-order valence-electron chi connectivity index (χ0n) is 43.8. The minimum absolute atomic E-state index is 0.0403.